The van der Waals surface area contributed by atoms with E-state index in [1.54, 1.807) is 12.1 Å². The minimum atomic E-state index is -0.475. The number of methoxy groups -OCH3 is 1. The number of amides is 3. The first kappa shape index (κ1) is 20.9. The maximum atomic E-state index is 13.7. The number of rotatable bonds is 9. The van der Waals surface area contributed by atoms with E-state index in [1.165, 1.54) is 13.2 Å². The maximum Gasteiger partial charge on any atom is 0.321 e. The molecular formula is C18H29FN3O3+. The smallest absolute Gasteiger partial charge is 0.321 e. The Bertz CT molecular complexity index is 579. The van der Waals surface area contributed by atoms with Crippen molar-refractivity contribution in [2.24, 2.45) is 5.92 Å². The van der Waals surface area contributed by atoms with E-state index >= 15 is 0 Å². The summed E-state index contributed by atoms with van der Waals surface area (Å²) in [6.07, 6.45) is 0.858. The van der Waals surface area contributed by atoms with Crippen LogP contribution in [0.4, 0.5) is 9.18 Å². The highest BCUT2D eigenvalue weighted by molar-refractivity contribution is 5.94. The molecule has 0 aliphatic heterocycles. The monoisotopic (exact) mass is 354 g/mol. The van der Waals surface area contributed by atoms with Crippen molar-refractivity contribution in [3.8, 4) is 5.75 Å². The average molecular weight is 354 g/mol. The molecule has 1 rings (SSSR count). The van der Waals surface area contributed by atoms with Crippen LogP contribution >= 0.6 is 0 Å². The molecular weight excluding hydrogens is 325 g/mol. The lowest BCUT2D eigenvalue weighted by atomic mass is 10.1. The fourth-order valence-corrected chi connectivity index (χ4v) is 2.34. The van der Waals surface area contributed by atoms with Crippen LogP contribution in [0.25, 0.3) is 0 Å². The number of nitrogens with one attached hydrogen (secondary N) is 3. The molecule has 1 aromatic carbocycles. The van der Waals surface area contributed by atoms with Crippen molar-refractivity contribution in [1.29, 1.82) is 0 Å². The number of benzene rings is 1. The molecule has 3 N–H and O–H groups in total. The van der Waals surface area contributed by atoms with Gasteiger partial charge in [0.15, 0.2) is 18.1 Å². The predicted octanol–water partition coefficient (Wildman–Crippen LogP) is 1.11. The molecule has 0 saturated carbocycles. The summed E-state index contributed by atoms with van der Waals surface area (Å²) in [7, 11) is 1.41. The Morgan fingerprint density at radius 2 is 2.04 bits per heavy atom. The van der Waals surface area contributed by atoms with E-state index < -0.39 is 11.8 Å². The number of likely N-dealkylation sites (N-methyl/N-ethyl adjacent to an activating group) is 1. The van der Waals surface area contributed by atoms with E-state index in [1.807, 2.05) is 6.92 Å². The lowest BCUT2D eigenvalue weighted by Crippen LogP contribution is -3.11. The molecule has 6 nitrogen and oxygen atoms in total. The highest BCUT2D eigenvalue weighted by Crippen LogP contribution is 2.17. The summed E-state index contributed by atoms with van der Waals surface area (Å²) in [4.78, 5) is 24.6. The number of imide groups is 1. The van der Waals surface area contributed by atoms with Gasteiger partial charge in [-0.05, 0) is 37.5 Å². The van der Waals surface area contributed by atoms with Crippen LogP contribution in [-0.4, -0.2) is 38.7 Å². The van der Waals surface area contributed by atoms with Crippen molar-refractivity contribution < 1.29 is 23.6 Å². The largest absolute Gasteiger partial charge is 0.494 e. The van der Waals surface area contributed by atoms with E-state index in [2.05, 4.69) is 24.5 Å². The normalized spacial score (nSPS) is 11.9. The Morgan fingerprint density at radius 3 is 2.60 bits per heavy atom. The van der Waals surface area contributed by atoms with Crippen LogP contribution in [0.5, 0.6) is 5.75 Å². The van der Waals surface area contributed by atoms with Gasteiger partial charge in [0.2, 0.25) is 0 Å². The second kappa shape index (κ2) is 10.7. The van der Waals surface area contributed by atoms with E-state index in [-0.39, 0.29) is 18.2 Å². The molecule has 0 spiro atoms. The minimum Gasteiger partial charge on any atom is -0.494 e. The molecule has 1 aromatic rings. The standard InChI is InChI=1S/C18H28FN3O3/c1-5-22(11-14-6-7-16(25-4)15(19)10-14)12-17(23)21-18(24)20-9-8-13(2)3/h6-7,10,13H,5,8-9,11-12H2,1-4H3,(H2,20,21,23,24)/p+1. The third-order valence-corrected chi connectivity index (χ3v) is 3.84. The van der Waals surface area contributed by atoms with E-state index in [0.29, 0.717) is 25.6 Å². The summed E-state index contributed by atoms with van der Waals surface area (Å²) >= 11 is 0. The first-order valence-corrected chi connectivity index (χ1v) is 8.59. The maximum absolute atomic E-state index is 13.7. The van der Waals surface area contributed by atoms with Crippen LogP contribution in [-0.2, 0) is 11.3 Å². The Morgan fingerprint density at radius 1 is 1.32 bits per heavy atom. The van der Waals surface area contributed by atoms with Crippen molar-refractivity contribution in [1.82, 2.24) is 10.6 Å². The van der Waals surface area contributed by atoms with Gasteiger partial charge >= 0.3 is 6.03 Å². The van der Waals surface area contributed by atoms with Gasteiger partial charge in [-0.25, -0.2) is 9.18 Å². The third-order valence-electron chi connectivity index (χ3n) is 3.84. The van der Waals surface area contributed by atoms with Gasteiger partial charge in [-0.3, -0.25) is 10.1 Å². The second-order valence-corrected chi connectivity index (χ2v) is 6.41. The Kier molecular flexibility index (Phi) is 8.91. The molecule has 1 atom stereocenters. The fraction of sp³-hybridized carbons (Fsp3) is 0.556. The molecule has 1 unspecified atom stereocenters. The van der Waals surface area contributed by atoms with Crippen molar-refractivity contribution in [3.05, 3.63) is 29.6 Å². The van der Waals surface area contributed by atoms with Crippen LogP contribution in [0.2, 0.25) is 0 Å². The van der Waals surface area contributed by atoms with Crippen molar-refractivity contribution in [2.45, 2.75) is 33.7 Å². The first-order chi connectivity index (χ1) is 11.8. The molecule has 0 aliphatic carbocycles. The Balaban J connectivity index is 2.48. The molecule has 0 aliphatic rings. The summed E-state index contributed by atoms with van der Waals surface area (Å²) in [6.45, 7) is 7.90. The summed E-state index contributed by atoms with van der Waals surface area (Å²) in [5.41, 5.74) is 0.768. The molecule has 25 heavy (non-hydrogen) atoms. The number of carbonyl (C=O) groups is 2. The van der Waals surface area contributed by atoms with Gasteiger partial charge in [0.1, 0.15) is 6.54 Å². The van der Waals surface area contributed by atoms with Gasteiger partial charge in [0, 0.05) is 12.1 Å². The lowest BCUT2D eigenvalue weighted by Gasteiger charge is -2.17. The second-order valence-electron chi connectivity index (χ2n) is 6.41. The summed E-state index contributed by atoms with van der Waals surface area (Å²) in [5, 5.41) is 4.99. The van der Waals surface area contributed by atoms with Crippen molar-refractivity contribution in [2.75, 3.05) is 26.7 Å². The topological polar surface area (TPSA) is 71.9 Å². The van der Waals surface area contributed by atoms with Crippen LogP contribution in [0, 0.1) is 11.7 Å². The van der Waals surface area contributed by atoms with Gasteiger partial charge in [0.05, 0.1) is 13.7 Å². The van der Waals surface area contributed by atoms with Crippen LogP contribution < -0.4 is 20.3 Å². The number of halogens is 1. The average Bonchev–Trinajstić information content (AvgIpc) is 2.53. The molecule has 0 heterocycles. The van der Waals surface area contributed by atoms with E-state index in [9.17, 15) is 14.0 Å². The van der Waals surface area contributed by atoms with Gasteiger partial charge in [-0.1, -0.05) is 13.8 Å². The zero-order chi connectivity index (χ0) is 18.8. The van der Waals surface area contributed by atoms with E-state index in [4.69, 9.17) is 4.74 Å². The molecule has 0 bridgehead atoms. The lowest BCUT2D eigenvalue weighted by molar-refractivity contribution is -0.904. The Labute approximate surface area is 148 Å². The van der Waals surface area contributed by atoms with Gasteiger partial charge < -0.3 is 15.0 Å². The summed E-state index contributed by atoms with van der Waals surface area (Å²) in [5.74, 6) is -0.101. The molecule has 0 aromatic heterocycles. The number of urea groups is 1. The minimum absolute atomic E-state index is 0.141. The van der Waals surface area contributed by atoms with Crippen LogP contribution in [0.15, 0.2) is 18.2 Å². The SMILES string of the molecule is CC[NH+](CC(=O)NC(=O)NCCC(C)C)Cc1ccc(OC)c(F)c1. The Hall–Kier alpha value is -2.15. The number of quaternary nitrogens is 1. The number of hydrogen-bond donors (Lipinski definition) is 3. The number of ether oxygens (including phenoxy) is 1. The quantitative estimate of drug-likeness (QED) is 0.622. The number of hydrogen-bond acceptors (Lipinski definition) is 3. The number of carbonyl (C=O) groups excluding carboxylic acids is 2. The highest BCUT2D eigenvalue weighted by Gasteiger charge is 2.16. The third kappa shape index (κ3) is 7.98. The van der Waals surface area contributed by atoms with Crippen LogP contribution in [0.1, 0.15) is 32.8 Å². The highest BCUT2D eigenvalue weighted by atomic mass is 19.1. The molecule has 140 valence electrons. The molecule has 7 heteroatoms. The first-order valence-electron chi connectivity index (χ1n) is 8.59. The zero-order valence-corrected chi connectivity index (χ0v) is 15.4. The molecule has 0 fully saturated rings. The molecule has 0 radical (unpaired) electrons. The van der Waals surface area contributed by atoms with Crippen LogP contribution in [0.3, 0.4) is 0 Å². The van der Waals surface area contributed by atoms with Gasteiger partial charge in [0.25, 0.3) is 5.91 Å². The van der Waals surface area contributed by atoms with Crippen molar-refractivity contribution >= 4 is 11.9 Å². The summed E-state index contributed by atoms with van der Waals surface area (Å²) < 4.78 is 18.6. The van der Waals surface area contributed by atoms with Crippen molar-refractivity contribution in [3.63, 3.8) is 0 Å². The molecule has 3 amide bonds. The van der Waals surface area contributed by atoms with E-state index in [0.717, 1.165) is 16.9 Å². The fourth-order valence-electron chi connectivity index (χ4n) is 2.34. The molecule has 0 saturated heterocycles. The van der Waals surface area contributed by atoms with Gasteiger partial charge in [-0.2, -0.15) is 0 Å². The zero-order valence-electron chi connectivity index (χ0n) is 15.4. The summed E-state index contributed by atoms with van der Waals surface area (Å²) in [6, 6.07) is 4.27. The predicted molar refractivity (Wildman–Crippen MR) is 94.0 cm³/mol. The van der Waals surface area contributed by atoms with Gasteiger partial charge in [-0.15, -0.1) is 0 Å².